The molecule has 1 aromatic rings. The second-order valence-electron chi connectivity index (χ2n) is 4.92. The van der Waals surface area contributed by atoms with Crippen molar-refractivity contribution in [1.29, 1.82) is 0 Å². The van der Waals surface area contributed by atoms with E-state index in [4.69, 9.17) is 10.5 Å². The van der Waals surface area contributed by atoms with Gasteiger partial charge in [-0.3, -0.25) is 4.79 Å². The molecule has 1 fully saturated rings. The lowest BCUT2D eigenvalue weighted by Crippen LogP contribution is -2.44. The van der Waals surface area contributed by atoms with E-state index in [1.807, 2.05) is 0 Å². The molecule has 0 saturated carbocycles. The van der Waals surface area contributed by atoms with Gasteiger partial charge in [-0.1, -0.05) is 0 Å². The molecule has 0 aromatic carbocycles. The average Bonchev–Trinajstić information content (AvgIpc) is 3.09. The number of carbonyl (C=O) groups excluding carboxylic acids is 1. The standard InChI is InChI=1S/C13H22N4O2S/c1-19-8-11(14)12(18)15-5-4-10-9-20-13(16-10)17-6-2-3-7-17/h9,11H,2-8,14H2,1H3,(H,15,18). The van der Waals surface area contributed by atoms with E-state index in [9.17, 15) is 4.79 Å². The fourth-order valence-corrected chi connectivity index (χ4v) is 3.08. The van der Waals surface area contributed by atoms with Crippen LogP contribution in [0.5, 0.6) is 0 Å². The summed E-state index contributed by atoms with van der Waals surface area (Å²) in [5.41, 5.74) is 6.66. The molecule has 1 saturated heterocycles. The number of amides is 1. The minimum absolute atomic E-state index is 0.179. The monoisotopic (exact) mass is 298 g/mol. The maximum Gasteiger partial charge on any atom is 0.239 e. The fourth-order valence-electron chi connectivity index (χ4n) is 2.16. The highest BCUT2D eigenvalue weighted by Crippen LogP contribution is 2.24. The van der Waals surface area contributed by atoms with E-state index in [-0.39, 0.29) is 12.5 Å². The van der Waals surface area contributed by atoms with Crippen LogP contribution in [0.25, 0.3) is 0 Å². The number of rotatable bonds is 7. The van der Waals surface area contributed by atoms with Gasteiger partial charge in [-0.15, -0.1) is 11.3 Å². The number of anilines is 1. The summed E-state index contributed by atoms with van der Waals surface area (Å²) in [5, 5.41) is 5.96. The molecule has 20 heavy (non-hydrogen) atoms. The summed E-state index contributed by atoms with van der Waals surface area (Å²) in [6.07, 6.45) is 3.24. The number of hydrogen-bond donors (Lipinski definition) is 2. The van der Waals surface area contributed by atoms with Gasteiger partial charge in [0.2, 0.25) is 5.91 Å². The Labute approximate surface area is 123 Å². The summed E-state index contributed by atoms with van der Waals surface area (Å²) in [6.45, 7) is 3.01. The van der Waals surface area contributed by atoms with E-state index < -0.39 is 6.04 Å². The predicted octanol–water partition coefficient (Wildman–Crippen LogP) is 0.376. The van der Waals surface area contributed by atoms with Gasteiger partial charge in [0, 0.05) is 38.5 Å². The first-order valence-corrected chi connectivity index (χ1v) is 7.80. The Morgan fingerprint density at radius 1 is 1.60 bits per heavy atom. The van der Waals surface area contributed by atoms with Gasteiger partial charge in [-0.05, 0) is 12.8 Å². The van der Waals surface area contributed by atoms with Crippen LogP contribution >= 0.6 is 11.3 Å². The fraction of sp³-hybridized carbons (Fsp3) is 0.692. The highest BCUT2D eigenvalue weighted by molar-refractivity contribution is 7.13. The molecule has 2 rings (SSSR count). The number of methoxy groups -OCH3 is 1. The quantitative estimate of drug-likeness (QED) is 0.760. The molecule has 2 heterocycles. The third-order valence-electron chi connectivity index (χ3n) is 3.28. The normalized spacial score (nSPS) is 16.4. The lowest BCUT2D eigenvalue weighted by atomic mass is 10.3. The highest BCUT2D eigenvalue weighted by Gasteiger charge is 2.16. The van der Waals surface area contributed by atoms with Crippen molar-refractivity contribution in [3.63, 3.8) is 0 Å². The first kappa shape index (κ1) is 15.2. The van der Waals surface area contributed by atoms with Crippen molar-refractivity contribution in [3.05, 3.63) is 11.1 Å². The first-order chi connectivity index (χ1) is 9.70. The minimum Gasteiger partial charge on any atom is -0.383 e. The van der Waals surface area contributed by atoms with Crippen molar-refractivity contribution in [1.82, 2.24) is 10.3 Å². The van der Waals surface area contributed by atoms with E-state index in [1.165, 1.54) is 20.0 Å². The molecule has 1 amide bonds. The molecule has 7 heteroatoms. The maximum atomic E-state index is 11.6. The van der Waals surface area contributed by atoms with Crippen LogP contribution in [0.3, 0.4) is 0 Å². The van der Waals surface area contributed by atoms with Gasteiger partial charge in [0.1, 0.15) is 6.04 Å². The van der Waals surface area contributed by atoms with Gasteiger partial charge in [-0.25, -0.2) is 4.98 Å². The number of ether oxygens (including phenoxy) is 1. The van der Waals surface area contributed by atoms with Crippen LogP contribution in [0.15, 0.2) is 5.38 Å². The second kappa shape index (κ2) is 7.56. The number of nitrogens with one attached hydrogen (secondary N) is 1. The molecule has 112 valence electrons. The highest BCUT2D eigenvalue weighted by atomic mass is 32.1. The molecule has 0 aliphatic carbocycles. The van der Waals surface area contributed by atoms with E-state index in [1.54, 1.807) is 11.3 Å². The topological polar surface area (TPSA) is 80.5 Å². The summed E-state index contributed by atoms with van der Waals surface area (Å²) in [6, 6.07) is -0.601. The molecular weight excluding hydrogens is 276 g/mol. The Morgan fingerprint density at radius 2 is 2.35 bits per heavy atom. The third kappa shape index (κ3) is 4.16. The average molecular weight is 298 g/mol. The van der Waals surface area contributed by atoms with Gasteiger partial charge in [0.25, 0.3) is 0 Å². The zero-order valence-corrected chi connectivity index (χ0v) is 12.6. The smallest absolute Gasteiger partial charge is 0.239 e. The molecule has 1 aliphatic rings. The first-order valence-electron chi connectivity index (χ1n) is 6.92. The Kier molecular flexibility index (Phi) is 5.75. The number of nitrogens with zero attached hydrogens (tertiary/aromatic N) is 2. The van der Waals surface area contributed by atoms with Crippen LogP contribution in [0, 0.1) is 0 Å². The van der Waals surface area contributed by atoms with Gasteiger partial charge in [-0.2, -0.15) is 0 Å². The van der Waals surface area contributed by atoms with Crippen LogP contribution in [-0.4, -0.2) is 50.3 Å². The molecular formula is C13H22N4O2S. The van der Waals surface area contributed by atoms with Gasteiger partial charge >= 0.3 is 0 Å². The Hall–Kier alpha value is -1.18. The second-order valence-corrected chi connectivity index (χ2v) is 5.75. The molecule has 1 aromatic heterocycles. The van der Waals surface area contributed by atoms with E-state index in [0.717, 1.165) is 30.3 Å². The molecule has 1 atom stereocenters. The summed E-state index contributed by atoms with van der Waals surface area (Å²) in [5.74, 6) is -0.179. The van der Waals surface area contributed by atoms with Gasteiger partial charge in [0.05, 0.1) is 12.3 Å². The van der Waals surface area contributed by atoms with Crippen molar-refractivity contribution in [2.75, 3.05) is 38.3 Å². The number of nitrogens with two attached hydrogens (primary N) is 1. The molecule has 1 unspecified atom stereocenters. The van der Waals surface area contributed by atoms with E-state index in [2.05, 4.69) is 20.6 Å². The van der Waals surface area contributed by atoms with Crippen LogP contribution in [0.4, 0.5) is 5.13 Å². The van der Waals surface area contributed by atoms with Crippen LogP contribution in [0.1, 0.15) is 18.5 Å². The SMILES string of the molecule is COCC(N)C(=O)NCCc1csc(N2CCCC2)n1. The molecule has 3 N–H and O–H groups in total. The Bertz CT molecular complexity index is 432. The molecule has 1 aliphatic heterocycles. The largest absolute Gasteiger partial charge is 0.383 e. The molecule has 0 spiro atoms. The van der Waals surface area contributed by atoms with Crippen molar-refractivity contribution in [3.8, 4) is 0 Å². The van der Waals surface area contributed by atoms with Crippen molar-refractivity contribution >= 4 is 22.4 Å². The van der Waals surface area contributed by atoms with E-state index >= 15 is 0 Å². The van der Waals surface area contributed by atoms with Gasteiger partial charge < -0.3 is 20.7 Å². The predicted molar refractivity (Wildman–Crippen MR) is 80.1 cm³/mol. The van der Waals surface area contributed by atoms with Gasteiger partial charge in [0.15, 0.2) is 5.13 Å². The van der Waals surface area contributed by atoms with E-state index in [0.29, 0.717) is 6.54 Å². The summed E-state index contributed by atoms with van der Waals surface area (Å²) < 4.78 is 4.85. The zero-order chi connectivity index (χ0) is 14.4. The zero-order valence-electron chi connectivity index (χ0n) is 11.8. The summed E-state index contributed by atoms with van der Waals surface area (Å²) in [7, 11) is 1.53. The van der Waals surface area contributed by atoms with Crippen LogP contribution in [0.2, 0.25) is 0 Å². The Morgan fingerprint density at radius 3 is 3.05 bits per heavy atom. The molecule has 0 bridgehead atoms. The summed E-state index contributed by atoms with van der Waals surface area (Å²) >= 11 is 1.68. The molecule has 0 radical (unpaired) electrons. The maximum absolute atomic E-state index is 11.6. The minimum atomic E-state index is -0.601. The van der Waals surface area contributed by atoms with Crippen LogP contribution in [-0.2, 0) is 16.0 Å². The number of hydrogen-bond acceptors (Lipinski definition) is 6. The Balaban J connectivity index is 1.73. The van der Waals surface area contributed by atoms with Crippen molar-refractivity contribution < 1.29 is 9.53 Å². The lowest BCUT2D eigenvalue weighted by Gasteiger charge is -2.12. The molecule has 6 nitrogen and oxygen atoms in total. The number of carbonyl (C=O) groups is 1. The van der Waals surface area contributed by atoms with Crippen LogP contribution < -0.4 is 16.0 Å². The number of thiazole rings is 1. The number of aromatic nitrogens is 1. The third-order valence-corrected chi connectivity index (χ3v) is 4.23. The summed E-state index contributed by atoms with van der Waals surface area (Å²) in [4.78, 5) is 18.5. The van der Waals surface area contributed by atoms with Crippen molar-refractivity contribution in [2.45, 2.75) is 25.3 Å². The van der Waals surface area contributed by atoms with Crippen molar-refractivity contribution in [2.24, 2.45) is 5.73 Å². The lowest BCUT2D eigenvalue weighted by molar-refractivity contribution is -0.123.